The van der Waals surface area contributed by atoms with Crippen molar-refractivity contribution in [2.24, 2.45) is 0 Å². The summed E-state index contributed by atoms with van der Waals surface area (Å²) in [6.45, 7) is 7.22. The zero-order valence-electron chi connectivity index (χ0n) is 10.8. The smallest absolute Gasteiger partial charge is 0.162 e. The normalized spacial score (nSPS) is 13.7. The third kappa shape index (κ3) is 3.86. The van der Waals surface area contributed by atoms with Gasteiger partial charge in [-0.2, -0.15) is 23.8 Å². The molecule has 0 atom stereocenters. The summed E-state index contributed by atoms with van der Waals surface area (Å²) in [5.74, 6) is 0. The Hall–Kier alpha value is -0.791. The molecule has 0 spiro atoms. The molecule has 1 aliphatic heterocycles. The van der Waals surface area contributed by atoms with Gasteiger partial charge in [-0.05, 0) is 5.41 Å². The molecule has 0 saturated carbocycles. The van der Waals surface area contributed by atoms with E-state index in [2.05, 4.69) is 39.0 Å². The second kappa shape index (κ2) is 6.23. The van der Waals surface area contributed by atoms with Crippen molar-refractivity contribution in [2.75, 3.05) is 11.6 Å². The van der Waals surface area contributed by atoms with E-state index in [1.165, 1.54) is 5.56 Å². The van der Waals surface area contributed by atoms with Gasteiger partial charge < -0.3 is 17.1 Å². The number of hydrogen-bond acceptors (Lipinski definition) is 2. The van der Waals surface area contributed by atoms with Crippen molar-refractivity contribution in [3.8, 4) is 0 Å². The number of nitrogens with zero attached hydrogens (tertiary/aromatic N) is 1. The van der Waals surface area contributed by atoms with Gasteiger partial charge in [0.15, 0.2) is 6.73 Å². The van der Waals surface area contributed by atoms with Crippen LogP contribution in [-0.2, 0) is 30.3 Å². The molecule has 0 unspecified atom stereocenters. The van der Waals surface area contributed by atoms with E-state index in [-0.39, 0.29) is 32.9 Å². The molecule has 1 heterocycles. The summed E-state index contributed by atoms with van der Waals surface area (Å²) in [6, 6.07) is 9.47. The van der Waals surface area contributed by atoms with E-state index in [1.807, 2.05) is 17.2 Å². The number of benzene rings is 1. The summed E-state index contributed by atoms with van der Waals surface area (Å²) >= 11 is 0. The number of hydrogen-bond donors (Lipinski definition) is 0. The molecule has 2 rings (SSSR count). The van der Waals surface area contributed by atoms with Crippen LogP contribution in [0.15, 0.2) is 30.7 Å². The monoisotopic (exact) mass is 410 g/mol. The van der Waals surface area contributed by atoms with Crippen molar-refractivity contribution in [2.45, 2.75) is 26.2 Å². The Bertz CT molecular complexity index is 382. The Kier molecular flexibility index (Phi) is 5.94. The fourth-order valence-corrected chi connectivity index (χ4v) is 1.52. The summed E-state index contributed by atoms with van der Waals surface area (Å²) in [5.41, 5.74) is 2.56. The molecule has 3 heteroatoms. The molecule has 0 aromatic heterocycles. The zero-order valence-corrected chi connectivity index (χ0v) is 13.2. The molecule has 1 aromatic carbocycles. The summed E-state index contributed by atoms with van der Waals surface area (Å²) in [4.78, 5) is 2.04. The van der Waals surface area contributed by atoms with Crippen LogP contribution in [0.1, 0.15) is 26.3 Å². The van der Waals surface area contributed by atoms with E-state index in [0.29, 0.717) is 6.73 Å². The Balaban J connectivity index is 0.00000128. The van der Waals surface area contributed by atoms with Gasteiger partial charge in [-0.1, -0.05) is 26.5 Å². The van der Waals surface area contributed by atoms with Crippen molar-refractivity contribution >= 4 is 5.69 Å². The predicted octanol–water partition coefficient (Wildman–Crippen LogP) is 3.50. The van der Waals surface area contributed by atoms with Gasteiger partial charge in [0.2, 0.25) is 0 Å². The van der Waals surface area contributed by atoms with Crippen LogP contribution < -0.4 is 4.90 Å². The van der Waals surface area contributed by atoms with Crippen LogP contribution >= 0.6 is 0 Å². The van der Waals surface area contributed by atoms with Gasteiger partial charge >= 0.3 is 0 Å². The second-order valence-corrected chi connectivity index (χ2v) is 4.76. The van der Waals surface area contributed by atoms with Crippen molar-refractivity contribution in [1.82, 2.24) is 0 Å². The molecule has 0 aliphatic carbocycles. The minimum atomic E-state index is 0. The number of ether oxygens (including phenoxy) is 1. The van der Waals surface area contributed by atoms with E-state index in [0.717, 1.165) is 5.69 Å². The third-order valence-electron chi connectivity index (χ3n) is 2.51. The molecular formula is C14H19IrNO-2. The minimum absolute atomic E-state index is 0. The number of anilines is 1. The van der Waals surface area contributed by atoms with Crippen LogP contribution in [0.3, 0.4) is 0 Å². The van der Waals surface area contributed by atoms with Crippen LogP contribution in [0.4, 0.5) is 5.69 Å². The molecule has 0 fully saturated rings. The summed E-state index contributed by atoms with van der Waals surface area (Å²) in [6.07, 6.45) is 3.63. The molecule has 1 aromatic rings. The van der Waals surface area contributed by atoms with Crippen molar-refractivity contribution in [3.63, 3.8) is 0 Å². The van der Waals surface area contributed by atoms with E-state index in [4.69, 9.17) is 4.74 Å². The molecule has 0 N–H and O–H groups in total. The Morgan fingerprint density at radius 2 is 2.06 bits per heavy atom. The van der Waals surface area contributed by atoms with Gasteiger partial charge in [-0.25, -0.2) is 0 Å². The average molecular weight is 410 g/mol. The maximum atomic E-state index is 5.16. The predicted molar refractivity (Wildman–Crippen MR) is 68.0 cm³/mol. The van der Waals surface area contributed by atoms with E-state index in [1.54, 1.807) is 6.26 Å². The second-order valence-electron chi connectivity index (χ2n) is 4.76. The first-order valence-corrected chi connectivity index (χ1v) is 5.14. The third-order valence-corrected chi connectivity index (χ3v) is 2.51. The average Bonchev–Trinajstić information content (AvgIpc) is 2.69. The van der Waals surface area contributed by atoms with E-state index < -0.39 is 0 Å². The van der Waals surface area contributed by atoms with Crippen LogP contribution in [0.2, 0.25) is 0 Å². The number of rotatable bonds is 1. The van der Waals surface area contributed by atoms with Crippen LogP contribution in [0, 0.1) is 13.5 Å². The molecule has 0 bridgehead atoms. The van der Waals surface area contributed by atoms with Gasteiger partial charge in [0, 0.05) is 26.3 Å². The first-order chi connectivity index (χ1) is 7.07. The van der Waals surface area contributed by atoms with E-state index in [9.17, 15) is 0 Å². The zero-order chi connectivity index (χ0) is 10.9. The maximum Gasteiger partial charge on any atom is 0.162 e. The molecule has 1 aliphatic rings. The first kappa shape index (κ1) is 16.2. The van der Waals surface area contributed by atoms with Gasteiger partial charge in [-0.15, -0.1) is 6.07 Å². The fraction of sp³-hybridized carbons (Fsp3) is 0.357. The summed E-state index contributed by atoms with van der Waals surface area (Å²) < 4.78 is 5.16. The first-order valence-electron chi connectivity index (χ1n) is 5.14. The van der Waals surface area contributed by atoms with Gasteiger partial charge in [0.1, 0.15) is 6.26 Å². The summed E-state index contributed by atoms with van der Waals surface area (Å²) in [7, 11) is 0. The van der Waals surface area contributed by atoms with Crippen molar-refractivity contribution in [1.29, 1.82) is 0 Å². The molecule has 1 radical (unpaired) electrons. The van der Waals surface area contributed by atoms with Gasteiger partial charge in [0.05, 0.1) is 0 Å². The molecule has 17 heavy (non-hydrogen) atoms. The molecule has 0 saturated heterocycles. The van der Waals surface area contributed by atoms with Gasteiger partial charge in [-0.3, -0.25) is 0 Å². The molecular weight excluding hydrogens is 390 g/mol. The topological polar surface area (TPSA) is 12.5 Å². The summed E-state index contributed by atoms with van der Waals surface area (Å²) in [5, 5.41) is 0. The molecule has 97 valence electrons. The van der Waals surface area contributed by atoms with E-state index >= 15 is 0 Å². The fourth-order valence-electron chi connectivity index (χ4n) is 1.52. The Morgan fingerprint density at radius 3 is 2.59 bits per heavy atom. The minimum Gasteiger partial charge on any atom is -0.479 e. The van der Waals surface area contributed by atoms with Crippen LogP contribution in [-0.4, -0.2) is 6.73 Å². The SMILES string of the molecule is CC(C)(C)c1cc[c-]c(N2C=COC2)c1.[CH3-].[Ir]. The Labute approximate surface area is 118 Å². The molecule has 2 nitrogen and oxygen atoms in total. The Morgan fingerprint density at radius 1 is 1.35 bits per heavy atom. The van der Waals surface area contributed by atoms with Crippen LogP contribution in [0.5, 0.6) is 0 Å². The largest absolute Gasteiger partial charge is 0.479 e. The van der Waals surface area contributed by atoms with Gasteiger partial charge in [0.25, 0.3) is 0 Å². The van der Waals surface area contributed by atoms with Crippen molar-refractivity contribution in [3.05, 3.63) is 49.7 Å². The maximum absolute atomic E-state index is 5.16. The van der Waals surface area contributed by atoms with Crippen molar-refractivity contribution < 1.29 is 24.8 Å². The standard InChI is InChI=1S/C13H16NO.CH3.Ir/c1-13(2,3)11-5-4-6-12(9-11)14-7-8-15-10-14;;/h4-5,7-9H,10H2,1-3H3;1H3;/q2*-1;. The quantitative estimate of drug-likeness (QED) is 0.659. The molecule has 0 amide bonds. The van der Waals surface area contributed by atoms with Crippen LogP contribution in [0.25, 0.3) is 0 Å².